The first-order valence-electron chi connectivity index (χ1n) is 24.0. The van der Waals surface area contributed by atoms with Gasteiger partial charge < -0.3 is 37.8 Å². The molecule has 2 N–H and O–H groups in total. The summed E-state index contributed by atoms with van der Waals surface area (Å²) in [7, 11) is 6.77. The monoisotopic (exact) mass is 1050 g/mol. The van der Waals surface area contributed by atoms with Crippen molar-refractivity contribution in [2.75, 3.05) is 72.3 Å². The lowest BCUT2D eigenvalue weighted by molar-refractivity contribution is -0.138. The molecule has 6 aromatic heterocycles. The van der Waals surface area contributed by atoms with Gasteiger partial charge >= 0.3 is 17.1 Å². The molecule has 6 aromatic rings. The van der Waals surface area contributed by atoms with E-state index in [1.165, 1.54) is 29.2 Å². The number of aryl methyl sites for hydroxylation is 6. The molecule has 0 amide bonds. The predicted octanol–water partition coefficient (Wildman–Crippen LogP) is -0.525. The van der Waals surface area contributed by atoms with Gasteiger partial charge in [-0.3, -0.25) is 46.4 Å². The average molecular weight is 1050 g/mol. The number of aromatic nitrogens is 12. The molecule has 4 fully saturated rings. The van der Waals surface area contributed by atoms with E-state index in [0.717, 1.165) is 45.2 Å². The Bertz CT molecular complexity index is 3250. The second-order valence-corrected chi connectivity index (χ2v) is 21.5. The Balaban J connectivity index is 0.000000154. The lowest BCUT2D eigenvalue weighted by atomic mass is 9.83. The molecule has 0 aromatic carbocycles. The summed E-state index contributed by atoms with van der Waals surface area (Å²) in [6, 6.07) is 0. The van der Waals surface area contributed by atoms with Gasteiger partial charge in [0.05, 0.1) is 91.3 Å². The zero-order valence-corrected chi connectivity index (χ0v) is 44.4. The molecule has 27 heteroatoms. The van der Waals surface area contributed by atoms with E-state index < -0.39 is 21.4 Å². The minimum absolute atomic E-state index is 0.0525. The van der Waals surface area contributed by atoms with E-state index in [4.69, 9.17) is 28.2 Å². The minimum atomic E-state index is -3.30. The van der Waals surface area contributed by atoms with Crippen LogP contribution < -0.4 is 33.7 Å². The van der Waals surface area contributed by atoms with Gasteiger partial charge in [0.15, 0.2) is 33.5 Å². The highest BCUT2D eigenvalue weighted by Gasteiger charge is 2.40. The summed E-state index contributed by atoms with van der Waals surface area (Å²) in [4.78, 5) is 86.7. The van der Waals surface area contributed by atoms with Gasteiger partial charge in [0.25, 0.3) is 26.8 Å². The number of aliphatic hydroxyl groups excluding tert-OH is 1. The molecule has 4 aliphatic rings. The van der Waals surface area contributed by atoms with Crippen LogP contribution in [0.3, 0.4) is 0 Å². The third kappa shape index (κ3) is 11.6. The lowest BCUT2D eigenvalue weighted by Gasteiger charge is -2.40. The van der Waals surface area contributed by atoms with Crippen molar-refractivity contribution in [1.82, 2.24) is 56.5 Å². The van der Waals surface area contributed by atoms with Crippen LogP contribution in [0.1, 0.15) is 53.4 Å². The van der Waals surface area contributed by atoms with Gasteiger partial charge in [-0.1, -0.05) is 27.7 Å². The lowest BCUT2D eigenvalue weighted by Crippen LogP contribution is -2.51. The zero-order valence-electron chi connectivity index (χ0n) is 43.6. The summed E-state index contributed by atoms with van der Waals surface area (Å²) in [5.41, 5.74) is 0.425. The average Bonchev–Trinajstić information content (AvgIpc) is 4.02. The van der Waals surface area contributed by atoms with Crippen LogP contribution in [0.5, 0.6) is 0 Å². The highest BCUT2D eigenvalue weighted by Crippen LogP contribution is 2.34. The SMILES string of the molecule is CCC1(CO)COC1.CCC1(COS(C)(=O)=O)COC1.CCC1(Cn2c(=O)c3c(ncn3C)n(C)c2=O)COC1.CCC1(Cn2c(=O)c3c(ncn3C)n(C)c2=O)COC1.Cn1cnc2c1c(=O)[nH]c(=O)n2C. The van der Waals surface area contributed by atoms with Gasteiger partial charge in [-0.15, -0.1) is 0 Å². The Morgan fingerprint density at radius 1 is 0.562 bits per heavy atom. The summed E-state index contributed by atoms with van der Waals surface area (Å²) >= 11 is 0. The maximum Gasteiger partial charge on any atom is 0.332 e. The quantitative estimate of drug-likeness (QED) is 0.146. The summed E-state index contributed by atoms with van der Waals surface area (Å²) < 4.78 is 58.3. The number of nitrogens with zero attached hydrogens (tertiary/aromatic N) is 11. The number of nitrogens with one attached hydrogen (secondary N) is 1. The molecule has 0 saturated carbocycles. The van der Waals surface area contributed by atoms with Crippen LogP contribution in [-0.2, 0) is 88.6 Å². The highest BCUT2D eigenvalue weighted by molar-refractivity contribution is 7.85. The van der Waals surface area contributed by atoms with Crippen molar-refractivity contribution in [2.24, 2.45) is 63.9 Å². The molecular weight excluding hydrogens is 977 g/mol. The fourth-order valence-corrected chi connectivity index (χ4v) is 8.87. The van der Waals surface area contributed by atoms with Crippen LogP contribution in [0.25, 0.3) is 33.5 Å². The molecule has 404 valence electrons. The van der Waals surface area contributed by atoms with Crippen molar-refractivity contribution in [2.45, 2.75) is 66.5 Å². The largest absolute Gasteiger partial charge is 0.396 e. The van der Waals surface area contributed by atoms with E-state index in [9.17, 15) is 37.2 Å². The fourth-order valence-electron chi connectivity index (χ4n) is 8.41. The third-order valence-electron chi connectivity index (χ3n) is 14.5. The molecule has 0 aliphatic carbocycles. The maximum absolute atomic E-state index is 12.6. The van der Waals surface area contributed by atoms with E-state index in [1.54, 1.807) is 68.6 Å². The van der Waals surface area contributed by atoms with Crippen molar-refractivity contribution in [1.29, 1.82) is 0 Å². The Morgan fingerprint density at radius 2 is 0.904 bits per heavy atom. The van der Waals surface area contributed by atoms with Crippen molar-refractivity contribution < 1.29 is 36.7 Å². The molecule has 0 atom stereocenters. The van der Waals surface area contributed by atoms with Gasteiger partial charge in [-0.05, 0) is 25.7 Å². The van der Waals surface area contributed by atoms with Crippen LogP contribution in [0.2, 0.25) is 0 Å². The number of fused-ring (bicyclic) bond motifs is 3. The molecule has 73 heavy (non-hydrogen) atoms. The first-order chi connectivity index (χ1) is 34.4. The van der Waals surface area contributed by atoms with E-state index >= 15 is 0 Å². The Hall–Kier alpha value is -5.84. The number of aromatic amines is 1. The van der Waals surface area contributed by atoms with Crippen LogP contribution in [-0.4, -0.2) is 142 Å². The highest BCUT2D eigenvalue weighted by atomic mass is 32.2. The van der Waals surface area contributed by atoms with Crippen molar-refractivity contribution in [3.63, 3.8) is 0 Å². The van der Waals surface area contributed by atoms with Gasteiger partial charge in [0.2, 0.25) is 0 Å². The normalized spacial score (nSPS) is 17.8. The van der Waals surface area contributed by atoms with E-state index in [1.807, 2.05) is 6.92 Å². The second-order valence-electron chi connectivity index (χ2n) is 19.9. The standard InChI is InChI=1S/2C13H18N4O3.C7H8N4O2.C7H14O4S.C6H12O2/c2*1-4-13(6-20-7-13)5-17-11(18)9-10(14-8-15(9)2)16(3)12(17)19;1-10-3-8-5-4(10)6(12)9-7(13)11(5)2;1-3-7(4-10-5-7)6-11-12(2,8)9;1-2-6(3-7)4-8-5-6/h2*8H,4-7H2,1-3H3;3H,1-2H3,(H,9,12,13);3-6H2,1-2H3;7H,2-5H2,1H3. The Labute approximate surface area is 419 Å². The van der Waals surface area contributed by atoms with Crippen LogP contribution in [0.4, 0.5) is 0 Å². The zero-order chi connectivity index (χ0) is 53.8. The van der Waals surface area contributed by atoms with E-state index in [2.05, 4.69) is 40.7 Å². The smallest absolute Gasteiger partial charge is 0.332 e. The topological polar surface area (TPSA) is 297 Å². The van der Waals surface area contributed by atoms with Crippen molar-refractivity contribution >= 4 is 43.6 Å². The van der Waals surface area contributed by atoms with Crippen LogP contribution in [0, 0.1) is 21.7 Å². The first-order valence-corrected chi connectivity index (χ1v) is 25.8. The first kappa shape index (κ1) is 56.5. The van der Waals surface area contributed by atoms with Crippen LogP contribution >= 0.6 is 0 Å². The Kier molecular flexibility index (Phi) is 17.3. The van der Waals surface area contributed by atoms with Gasteiger partial charge in [-0.25, -0.2) is 29.3 Å². The molecule has 0 bridgehead atoms. The van der Waals surface area contributed by atoms with Crippen molar-refractivity contribution in [3.8, 4) is 0 Å². The molecule has 0 unspecified atom stereocenters. The number of aliphatic hydroxyl groups is 1. The van der Waals surface area contributed by atoms with Gasteiger partial charge in [0, 0.05) is 77.0 Å². The summed E-state index contributed by atoms with van der Waals surface area (Å²) in [6.45, 7) is 14.7. The summed E-state index contributed by atoms with van der Waals surface area (Å²) in [6.07, 6.45) is 9.36. The summed E-state index contributed by atoms with van der Waals surface area (Å²) in [5, 5.41) is 8.76. The molecule has 26 nitrogen and oxygen atoms in total. The number of rotatable bonds is 12. The number of H-pyrrole nitrogens is 1. The second kappa shape index (κ2) is 22.3. The molecule has 4 saturated heterocycles. The summed E-state index contributed by atoms with van der Waals surface area (Å²) in [5.74, 6) is 0. The van der Waals surface area contributed by atoms with Crippen molar-refractivity contribution in [3.05, 3.63) is 81.5 Å². The van der Waals surface area contributed by atoms with Gasteiger partial charge in [-0.2, -0.15) is 8.42 Å². The molecule has 10 rings (SSSR count). The van der Waals surface area contributed by atoms with E-state index in [-0.39, 0.29) is 57.4 Å². The number of hydrogen-bond acceptors (Lipinski definition) is 17. The number of hydrogen-bond donors (Lipinski definition) is 2. The van der Waals surface area contributed by atoms with Crippen LogP contribution in [0.15, 0.2) is 47.7 Å². The predicted molar refractivity (Wildman–Crippen MR) is 269 cm³/mol. The number of ether oxygens (including phenoxy) is 4. The molecule has 10 heterocycles. The molecule has 4 aliphatic heterocycles. The third-order valence-corrected chi connectivity index (χ3v) is 15.1. The maximum atomic E-state index is 12.6. The molecule has 0 radical (unpaired) electrons. The Morgan fingerprint density at radius 3 is 1.19 bits per heavy atom. The number of imidazole rings is 3. The van der Waals surface area contributed by atoms with E-state index in [0.29, 0.717) is 86.2 Å². The molecular formula is C46H70N12O14S. The molecule has 0 spiro atoms. The van der Waals surface area contributed by atoms with Gasteiger partial charge in [0.1, 0.15) is 0 Å². The minimum Gasteiger partial charge on any atom is -0.396 e. The fraction of sp³-hybridized carbons (Fsp3) is 0.674.